The molecule has 0 aromatic rings. The van der Waals surface area contributed by atoms with Crippen molar-refractivity contribution in [3.63, 3.8) is 0 Å². The van der Waals surface area contributed by atoms with Crippen LogP contribution >= 0.6 is 11.6 Å². The van der Waals surface area contributed by atoms with Crippen LogP contribution in [0.15, 0.2) is 0 Å². The standard InChI is InChI=1S/C17H34ClNO/c1-3-4-5-6-7-8-9-10-11-14-17(20)19-15-12-13-16(2)18/h16H,3-15H2,1-2H3,(H,19,20). The quantitative estimate of drug-likeness (QED) is 0.336. The highest BCUT2D eigenvalue weighted by molar-refractivity contribution is 6.20. The summed E-state index contributed by atoms with van der Waals surface area (Å²) in [6.45, 7) is 5.01. The average molecular weight is 304 g/mol. The second kappa shape index (κ2) is 15.2. The van der Waals surface area contributed by atoms with Gasteiger partial charge in [-0.15, -0.1) is 11.6 Å². The van der Waals surface area contributed by atoms with Gasteiger partial charge in [-0.2, -0.15) is 0 Å². The van der Waals surface area contributed by atoms with E-state index in [-0.39, 0.29) is 11.3 Å². The SMILES string of the molecule is CCCCCCCCCCCC(=O)NCCCC(C)Cl. The van der Waals surface area contributed by atoms with E-state index in [9.17, 15) is 4.79 Å². The molecule has 0 saturated carbocycles. The molecule has 0 heterocycles. The Morgan fingerprint density at radius 2 is 1.50 bits per heavy atom. The van der Waals surface area contributed by atoms with E-state index < -0.39 is 0 Å². The smallest absolute Gasteiger partial charge is 0.219 e. The molecule has 1 atom stereocenters. The Morgan fingerprint density at radius 3 is 2.05 bits per heavy atom. The van der Waals surface area contributed by atoms with Gasteiger partial charge in [-0.3, -0.25) is 4.79 Å². The maximum absolute atomic E-state index is 11.6. The summed E-state index contributed by atoms with van der Waals surface area (Å²) in [6, 6.07) is 0. The number of nitrogens with one attached hydrogen (secondary N) is 1. The molecule has 0 spiro atoms. The van der Waals surface area contributed by atoms with E-state index in [1.165, 1.54) is 51.4 Å². The van der Waals surface area contributed by atoms with Crippen molar-refractivity contribution < 1.29 is 4.79 Å². The minimum Gasteiger partial charge on any atom is -0.356 e. The Bertz CT molecular complexity index is 219. The number of carbonyl (C=O) groups is 1. The summed E-state index contributed by atoms with van der Waals surface area (Å²) in [5.41, 5.74) is 0. The van der Waals surface area contributed by atoms with Crippen LogP contribution in [0.5, 0.6) is 0 Å². The highest BCUT2D eigenvalue weighted by atomic mass is 35.5. The van der Waals surface area contributed by atoms with E-state index in [1.807, 2.05) is 6.92 Å². The lowest BCUT2D eigenvalue weighted by Gasteiger charge is -2.06. The minimum atomic E-state index is 0.204. The van der Waals surface area contributed by atoms with Crippen molar-refractivity contribution in [2.24, 2.45) is 0 Å². The molecule has 3 heteroatoms. The molecule has 0 saturated heterocycles. The summed E-state index contributed by atoms with van der Waals surface area (Å²) >= 11 is 5.85. The predicted molar refractivity (Wildman–Crippen MR) is 89.4 cm³/mol. The van der Waals surface area contributed by atoms with Gasteiger partial charge < -0.3 is 5.32 Å². The minimum absolute atomic E-state index is 0.204. The van der Waals surface area contributed by atoms with Gasteiger partial charge in [0.2, 0.25) is 5.91 Å². The zero-order valence-corrected chi connectivity index (χ0v) is 14.3. The third kappa shape index (κ3) is 15.8. The zero-order chi connectivity index (χ0) is 15.1. The molecule has 0 aliphatic carbocycles. The molecule has 1 amide bonds. The normalized spacial score (nSPS) is 12.3. The fourth-order valence-electron chi connectivity index (χ4n) is 2.30. The Labute approximate surface area is 131 Å². The number of hydrogen-bond donors (Lipinski definition) is 1. The molecular weight excluding hydrogens is 270 g/mol. The summed E-state index contributed by atoms with van der Waals surface area (Å²) in [5.74, 6) is 0.204. The molecule has 1 unspecified atom stereocenters. The molecule has 1 N–H and O–H groups in total. The summed E-state index contributed by atoms with van der Waals surface area (Å²) in [7, 11) is 0. The molecule has 0 aromatic heterocycles. The molecule has 0 aliphatic rings. The van der Waals surface area contributed by atoms with Gasteiger partial charge in [-0.1, -0.05) is 58.3 Å². The van der Waals surface area contributed by atoms with Gasteiger partial charge in [0.1, 0.15) is 0 Å². The Balaban J connectivity index is 3.15. The zero-order valence-electron chi connectivity index (χ0n) is 13.6. The first kappa shape index (κ1) is 19.8. The lowest BCUT2D eigenvalue weighted by Crippen LogP contribution is -2.24. The highest BCUT2D eigenvalue weighted by Gasteiger charge is 2.01. The van der Waals surface area contributed by atoms with Crippen LogP contribution < -0.4 is 5.32 Å². The van der Waals surface area contributed by atoms with Gasteiger partial charge in [-0.05, 0) is 26.2 Å². The molecule has 20 heavy (non-hydrogen) atoms. The van der Waals surface area contributed by atoms with Crippen molar-refractivity contribution in [1.82, 2.24) is 5.32 Å². The van der Waals surface area contributed by atoms with Gasteiger partial charge in [0.15, 0.2) is 0 Å². The second-order valence-electron chi connectivity index (χ2n) is 5.85. The Hall–Kier alpha value is -0.240. The number of carbonyl (C=O) groups excluding carboxylic acids is 1. The molecule has 0 aromatic carbocycles. The van der Waals surface area contributed by atoms with E-state index in [2.05, 4.69) is 12.2 Å². The van der Waals surface area contributed by atoms with Crippen LogP contribution in [0.1, 0.15) is 90.9 Å². The number of halogens is 1. The fraction of sp³-hybridized carbons (Fsp3) is 0.941. The van der Waals surface area contributed by atoms with E-state index >= 15 is 0 Å². The predicted octanol–water partition coefficient (Wildman–Crippen LogP) is 5.43. The van der Waals surface area contributed by atoms with Gasteiger partial charge in [0, 0.05) is 18.3 Å². The fourth-order valence-corrected chi connectivity index (χ4v) is 2.45. The highest BCUT2D eigenvalue weighted by Crippen LogP contribution is 2.10. The van der Waals surface area contributed by atoms with Crippen LogP contribution in [0.3, 0.4) is 0 Å². The van der Waals surface area contributed by atoms with Crippen LogP contribution in [-0.2, 0) is 4.79 Å². The van der Waals surface area contributed by atoms with E-state index in [1.54, 1.807) is 0 Å². The monoisotopic (exact) mass is 303 g/mol. The Kier molecular flexibility index (Phi) is 15.0. The third-order valence-electron chi connectivity index (χ3n) is 3.61. The van der Waals surface area contributed by atoms with Gasteiger partial charge in [0.25, 0.3) is 0 Å². The summed E-state index contributed by atoms with van der Waals surface area (Å²) < 4.78 is 0. The maximum Gasteiger partial charge on any atom is 0.219 e. The number of alkyl halides is 1. The third-order valence-corrected chi connectivity index (χ3v) is 3.83. The second-order valence-corrected chi connectivity index (χ2v) is 6.60. The molecule has 0 fully saturated rings. The number of rotatable bonds is 14. The first-order valence-electron chi connectivity index (χ1n) is 8.57. The van der Waals surface area contributed by atoms with Crippen molar-refractivity contribution in [3.05, 3.63) is 0 Å². The average Bonchev–Trinajstić information content (AvgIpc) is 2.41. The number of unbranched alkanes of at least 4 members (excludes halogenated alkanes) is 8. The lowest BCUT2D eigenvalue weighted by atomic mass is 10.1. The molecule has 120 valence electrons. The van der Waals surface area contributed by atoms with Crippen molar-refractivity contribution in [2.75, 3.05) is 6.54 Å². The molecule has 2 nitrogen and oxygen atoms in total. The van der Waals surface area contributed by atoms with Crippen LogP contribution in [0.25, 0.3) is 0 Å². The molecule has 0 rings (SSSR count). The molecule has 0 aliphatic heterocycles. The summed E-state index contributed by atoms with van der Waals surface area (Å²) in [5, 5.41) is 3.18. The summed E-state index contributed by atoms with van der Waals surface area (Å²) in [6.07, 6.45) is 14.3. The van der Waals surface area contributed by atoms with Crippen molar-refractivity contribution in [1.29, 1.82) is 0 Å². The van der Waals surface area contributed by atoms with Gasteiger partial charge in [-0.25, -0.2) is 0 Å². The van der Waals surface area contributed by atoms with Gasteiger partial charge in [0.05, 0.1) is 0 Å². The van der Waals surface area contributed by atoms with Crippen LogP contribution in [0.4, 0.5) is 0 Å². The largest absolute Gasteiger partial charge is 0.356 e. The number of amides is 1. The van der Waals surface area contributed by atoms with Crippen LogP contribution in [0.2, 0.25) is 0 Å². The van der Waals surface area contributed by atoms with E-state index in [4.69, 9.17) is 11.6 Å². The van der Waals surface area contributed by atoms with Crippen molar-refractivity contribution >= 4 is 17.5 Å². The van der Waals surface area contributed by atoms with Gasteiger partial charge >= 0.3 is 0 Å². The maximum atomic E-state index is 11.6. The summed E-state index contributed by atoms with van der Waals surface area (Å²) in [4.78, 5) is 11.6. The van der Waals surface area contributed by atoms with E-state index in [0.717, 1.165) is 25.8 Å². The lowest BCUT2D eigenvalue weighted by molar-refractivity contribution is -0.121. The van der Waals surface area contributed by atoms with Crippen molar-refractivity contribution in [2.45, 2.75) is 96.3 Å². The van der Waals surface area contributed by atoms with Crippen LogP contribution in [0, 0.1) is 0 Å². The molecule has 0 bridgehead atoms. The van der Waals surface area contributed by atoms with Crippen molar-refractivity contribution in [3.8, 4) is 0 Å². The first-order valence-corrected chi connectivity index (χ1v) is 9.01. The number of hydrogen-bond acceptors (Lipinski definition) is 1. The first-order chi connectivity index (χ1) is 9.66. The van der Waals surface area contributed by atoms with Crippen LogP contribution in [-0.4, -0.2) is 17.8 Å². The molecule has 0 radical (unpaired) electrons. The Morgan fingerprint density at radius 1 is 0.950 bits per heavy atom. The van der Waals surface area contributed by atoms with E-state index in [0.29, 0.717) is 6.42 Å². The topological polar surface area (TPSA) is 29.1 Å². The molecular formula is C17H34ClNO.